The summed E-state index contributed by atoms with van der Waals surface area (Å²) in [6, 6.07) is 0.408. The van der Waals surface area contributed by atoms with Crippen molar-refractivity contribution in [2.24, 2.45) is 11.3 Å². The zero-order valence-corrected chi connectivity index (χ0v) is 13.2. The van der Waals surface area contributed by atoms with E-state index in [4.69, 9.17) is 4.74 Å². The van der Waals surface area contributed by atoms with Gasteiger partial charge in [-0.05, 0) is 38.8 Å². The van der Waals surface area contributed by atoms with E-state index in [1.54, 1.807) is 0 Å². The molecule has 3 atom stereocenters. The minimum Gasteiger partial charge on any atom is -0.378 e. The van der Waals surface area contributed by atoms with E-state index < -0.39 is 12.7 Å². The van der Waals surface area contributed by atoms with Crippen molar-refractivity contribution in [3.05, 3.63) is 0 Å². The fourth-order valence-corrected chi connectivity index (χ4v) is 3.50. The molecule has 1 N–H and O–H groups in total. The second-order valence-corrected chi connectivity index (χ2v) is 6.97. The highest BCUT2D eigenvalue weighted by molar-refractivity contribution is 5.03. The van der Waals surface area contributed by atoms with Crippen molar-refractivity contribution in [2.45, 2.75) is 51.9 Å². The molecule has 2 rings (SSSR count). The Labute approximate surface area is 125 Å². The van der Waals surface area contributed by atoms with Gasteiger partial charge in [-0.1, -0.05) is 13.8 Å². The summed E-state index contributed by atoms with van der Waals surface area (Å²) >= 11 is 0. The fourth-order valence-electron chi connectivity index (χ4n) is 3.50. The number of rotatable bonds is 6. The van der Waals surface area contributed by atoms with E-state index >= 15 is 0 Å². The number of nitrogens with one attached hydrogen (secondary N) is 1. The molecule has 1 aliphatic carbocycles. The van der Waals surface area contributed by atoms with Crippen molar-refractivity contribution in [2.75, 3.05) is 32.8 Å². The van der Waals surface area contributed by atoms with Gasteiger partial charge in [0.2, 0.25) is 0 Å². The van der Waals surface area contributed by atoms with E-state index in [-0.39, 0.29) is 5.41 Å². The molecule has 0 aromatic carbocycles. The first-order valence-electron chi connectivity index (χ1n) is 7.86. The van der Waals surface area contributed by atoms with Crippen LogP contribution in [0.4, 0.5) is 13.2 Å². The highest BCUT2D eigenvalue weighted by Crippen LogP contribution is 2.42. The summed E-state index contributed by atoms with van der Waals surface area (Å²) in [6.45, 7) is 8.26. The second kappa shape index (κ2) is 6.42. The number of nitrogens with zero attached hydrogens (tertiary/aromatic N) is 1. The number of hydrogen-bond donors (Lipinski definition) is 1. The Kier molecular flexibility index (Phi) is 5.21. The van der Waals surface area contributed by atoms with Crippen LogP contribution in [0.1, 0.15) is 33.6 Å². The van der Waals surface area contributed by atoms with E-state index in [0.717, 1.165) is 26.0 Å². The summed E-state index contributed by atoms with van der Waals surface area (Å²) in [4.78, 5) is 1.52. The van der Waals surface area contributed by atoms with Crippen LogP contribution in [0.3, 0.4) is 0 Å². The van der Waals surface area contributed by atoms with Crippen LogP contribution in [0.5, 0.6) is 0 Å². The third-order valence-corrected chi connectivity index (χ3v) is 4.97. The standard InChI is InChI=1S/C15H27F3N2O/c1-4-21-13-7-12(14(13,2)3)19-8-11-5-6-20(9-11)10-15(16,17)18/h11-13,19H,4-10H2,1-3H3. The molecule has 0 amide bonds. The lowest BCUT2D eigenvalue weighted by Gasteiger charge is -2.52. The summed E-state index contributed by atoms with van der Waals surface area (Å²) in [5, 5.41) is 3.54. The largest absolute Gasteiger partial charge is 0.401 e. The van der Waals surface area contributed by atoms with Crippen molar-refractivity contribution < 1.29 is 17.9 Å². The molecule has 0 spiro atoms. The van der Waals surface area contributed by atoms with Crippen LogP contribution in [0.25, 0.3) is 0 Å². The molecule has 0 radical (unpaired) electrons. The van der Waals surface area contributed by atoms with Crippen LogP contribution in [0.2, 0.25) is 0 Å². The average Bonchev–Trinajstić information content (AvgIpc) is 2.78. The van der Waals surface area contributed by atoms with Gasteiger partial charge in [0.05, 0.1) is 12.6 Å². The number of alkyl halides is 3. The minimum absolute atomic E-state index is 0.111. The predicted molar refractivity (Wildman–Crippen MR) is 76.2 cm³/mol. The Bertz CT molecular complexity index is 346. The molecule has 3 unspecified atom stereocenters. The quantitative estimate of drug-likeness (QED) is 0.816. The number of ether oxygens (including phenoxy) is 1. The lowest BCUT2D eigenvalue weighted by molar-refractivity contribution is -0.143. The van der Waals surface area contributed by atoms with Gasteiger partial charge in [-0.15, -0.1) is 0 Å². The second-order valence-electron chi connectivity index (χ2n) is 6.97. The van der Waals surface area contributed by atoms with E-state index in [1.807, 2.05) is 6.92 Å². The first kappa shape index (κ1) is 17.0. The molecular weight excluding hydrogens is 281 g/mol. The summed E-state index contributed by atoms with van der Waals surface area (Å²) in [5.41, 5.74) is 0.111. The van der Waals surface area contributed by atoms with Crippen molar-refractivity contribution in [3.8, 4) is 0 Å². The summed E-state index contributed by atoms with van der Waals surface area (Å²) < 4.78 is 42.8. The van der Waals surface area contributed by atoms with Gasteiger partial charge in [0.25, 0.3) is 0 Å². The molecule has 0 aromatic heterocycles. The van der Waals surface area contributed by atoms with E-state index in [0.29, 0.717) is 31.2 Å². The number of halogens is 3. The lowest BCUT2D eigenvalue weighted by atomic mass is 9.64. The molecule has 124 valence electrons. The predicted octanol–water partition coefficient (Wildman–Crippen LogP) is 2.66. The molecule has 3 nitrogen and oxygen atoms in total. The summed E-state index contributed by atoms with van der Waals surface area (Å²) in [6.07, 6.45) is -1.93. The first-order valence-corrected chi connectivity index (χ1v) is 7.86. The van der Waals surface area contributed by atoms with Gasteiger partial charge in [-0.2, -0.15) is 13.2 Å². The Morgan fingerprint density at radius 2 is 2.05 bits per heavy atom. The Hall–Kier alpha value is -0.330. The third-order valence-electron chi connectivity index (χ3n) is 4.97. The van der Waals surface area contributed by atoms with Crippen molar-refractivity contribution >= 4 is 0 Å². The Balaban J connectivity index is 1.69. The number of likely N-dealkylation sites (tertiary alicyclic amines) is 1. The molecule has 1 heterocycles. The van der Waals surface area contributed by atoms with E-state index in [2.05, 4.69) is 19.2 Å². The van der Waals surface area contributed by atoms with Crippen LogP contribution in [0, 0.1) is 11.3 Å². The SMILES string of the molecule is CCOC1CC(NCC2CCN(CC(F)(F)F)C2)C1(C)C. The van der Waals surface area contributed by atoms with Crippen molar-refractivity contribution in [1.29, 1.82) is 0 Å². The third kappa shape index (κ3) is 4.33. The van der Waals surface area contributed by atoms with Gasteiger partial charge in [-0.25, -0.2) is 0 Å². The summed E-state index contributed by atoms with van der Waals surface area (Å²) in [7, 11) is 0. The van der Waals surface area contributed by atoms with Crippen LogP contribution in [0.15, 0.2) is 0 Å². The van der Waals surface area contributed by atoms with Gasteiger partial charge in [0.1, 0.15) is 0 Å². The van der Waals surface area contributed by atoms with Gasteiger partial charge in [0, 0.05) is 24.6 Å². The van der Waals surface area contributed by atoms with Crippen molar-refractivity contribution in [3.63, 3.8) is 0 Å². The van der Waals surface area contributed by atoms with Gasteiger partial charge in [-0.3, -0.25) is 4.90 Å². The monoisotopic (exact) mass is 308 g/mol. The van der Waals surface area contributed by atoms with Crippen LogP contribution < -0.4 is 5.32 Å². The van der Waals surface area contributed by atoms with Gasteiger partial charge in [0.15, 0.2) is 0 Å². The Morgan fingerprint density at radius 1 is 1.33 bits per heavy atom. The van der Waals surface area contributed by atoms with Gasteiger partial charge >= 0.3 is 6.18 Å². The molecule has 1 aliphatic heterocycles. The van der Waals surface area contributed by atoms with Crippen LogP contribution >= 0.6 is 0 Å². The normalized spacial score (nSPS) is 33.1. The van der Waals surface area contributed by atoms with Crippen molar-refractivity contribution in [1.82, 2.24) is 10.2 Å². The molecule has 2 fully saturated rings. The van der Waals surface area contributed by atoms with E-state index in [9.17, 15) is 13.2 Å². The number of hydrogen-bond acceptors (Lipinski definition) is 3. The maximum atomic E-state index is 12.4. The minimum atomic E-state index is -4.08. The summed E-state index contributed by atoms with van der Waals surface area (Å²) in [5.74, 6) is 0.328. The molecule has 0 bridgehead atoms. The van der Waals surface area contributed by atoms with Crippen LogP contribution in [-0.4, -0.2) is 56.0 Å². The molecule has 1 saturated carbocycles. The molecule has 1 saturated heterocycles. The topological polar surface area (TPSA) is 24.5 Å². The smallest absolute Gasteiger partial charge is 0.378 e. The first-order chi connectivity index (χ1) is 9.72. The van der Waals surface area contributed by atoms with E-state index in [1.165, 1.54) is 4.90 Å². The molecule has 2 aliphatic rings. The zero-order valence-electron chi connectivity index (χ0n) is 13.2. The lowest BCUT2D eigenvalue weighted by Crippen LogP contribution is -2.61. The maximum Gasteiger partial charge on any atom is 0.401 e. The van der Waals surface area contributed by atoms with Gasteiger partial charge < -0.3 is 10.1 Å². The average molecular weight is 308 g/mol. The highest BCUT2D eigenvalue weighted by Gasteiger charge is 2.48. The highest BCUT2D eigenvalue weighted by atomic mass is 19.4. The molecular formula is C15H27F3N2O. The van der Waals surface area contributed by atoms with Crippen LogP contribution in [-0.2, 0) is 4.74 Å². The molecule has 21 heavy (non-hydrogen) atoms. The Morgan fingerprint density at radius 3 is 2.62 bits per heavy atom. The maximum absolute atomic E-state index is 12.4. The molecule has 6 heteroatoms. The molecule has 0 aromatic rings. The fraction of sp³-hybridized carbons (Fsp3) is 1.00. The zero-order chi connectivity index (χ0) is 15.7.